The number of carbonyl (C=O) groups excluding carboxylic acids is 1. The second kappa shape index (κ2) is 12.5. The van der Waals surface area contributed by atoms with Crippen molar-refractivity contribution < 1.29 is 23.6 Å². The van der Waals surface area contributed by atoms with Crippen LogP contribution in [-0.2, 0) is 18.8 Å². The Morgan fingerprint density at radius 2 is 1.75 bits per heavy atom. The van der Waals surface area contributed by atoms with Gasteiger partial charge < -0.3 is 23.8 Å². The molecule has 1 N–H and O–H groups in total. The van der Waals surface area contributed by atoms with Crippen LogP contribution in [0.4, 0.5) is 4.79 Å². The van der Waals surface area contributed by atoms with Crippen molar-refractivity contribution in [3.8, 4) is 0 Å². The van der Waals surface area contributed by atoms with Crippen molar-refractivity contribution in [2.75, 3.05) is 13.2 Å². The van der Waals surface area contributed by atoms with E-state index in [0.717, 1.165) is 40.7 Å². The highest BCUT2D eigenvalue weighted by Gasteiger charge is 2.51. The van der Waals surface area contributed by atoms with E-state index in [9.17, 15) is 4.79 Å². The average Bonchev–Trinajstić information content (AvgIpc) is 3.68. The van der Waals surface area contributed by atoms with Gasteiger partial charge in [-0.25, -0.2) is 19.7 Å². The lowest BCUT2D eigenvalue weighted by atomic mass is 9.78. The van der Waals surface area contributed by atoms with Gasteiger partial charge in [0.25, 0.3) is 0 Å². The Labute approximate surface area is 285 Å². The number of carbonyl (C=O) groups is 1. The van der Waals surface area contributed by atoms with E-state index in [0.29, 0.717) is 36.0 Å². The number of amides is 1. The minimum atomic E-state index is -1.34. The highest BCUT2D eigenvalue weighted by atomic mass is 28.3. The molecule has 2 aromatic heterocycles. The van der Waals surface area contributed by atoms with Gasteiger partial charge in [-0.15, -0.1) is 0 Å². The Morgan fingerprint density at radius 1 is 1.06 bits per heavy atom. The number of nitrogens with one attached hydrogen (secondary N) is 1. The molecule has 2 aliphatic rings. The third-order valence-corrected chi connectivity index (χ3v) is 11.3. The summed E-state index contributed by atoms with van der Waals surface area (Å²) in [4.78, 5) is 32.6. The predicted molar refractivity (Wildman–Crippen MR) is 192 cm³/mol. The molecule has 0 bridgehead atoms. The zero-order chi connectivity index (χ0) is 34.6. The number of aromatic nitrogens is 4. The lowest BCUT2D eigenvalue weighted by Crippen LogP contribution is -2.41. The summed E-state index contributed by atoms with van der Waals surface area (Å²) in [5, 5.41) is 2.19. The van der Waals surface area contributed by atoms with Gasteiger partial charge in [0.05, 0.1) is 29.1 Å². The Bertz CT molecular complexity index is 1800. The van der Waals surface area contributed by atoms with Gasteiger partial charge in [0, 0.05) is 21.2 Å². The molecule has 1 amide bonds. The molecule has 2 atom stereocenters. The van der Waals surface area contributed by atoms with E-state index in [-0.39, 0.29) is 12.1 Å². The fraction of sp³-hybridized carbons (Fsp3) is 0.556. The smallest absolute Gasteiger partial charge is 0.444 e. The first kappa shape index (κ1) is 34.5. The number of fused-ring (bicyclic) bond motifs is 2. The summed E-state index contributed by atoms with van der Waals surface area (Å²) in [6.45, 7) is 22.2. The fourth-order valence-corrected chi connectivity index (χ4v) is 6.84. The lowest BCUT2D eigenvalue weighted by molar-refractivity contribution is 0.00578. The van der Waals surface area contributed by atoms with E-state index >= 15 is 0 Å². The van der Waals surface area contributed by atoms with Gasteiger partial charge in [0.15, 0.2) is 11.3 Å². The molecule has 256 valence electrons. The lowest BCUT2D eigenvalue weighted by Gasteiger charge is -2.32. The number of ether oxygens (including phenoxy) is 2. The second-order valence-electron chi connectivity index (χ2n) is 16.4. The van der Waals surface area contributed by atoms with Gasteiger partial charge in [0.2, 0.25) is 0 Å². The zero-order valence-corrected chi connectivity index (χ0v) is 31.1. The maximum absolute atomic E-state index is 13.0. The molecular weight excluding hydrogens is 621 g/mol. The monoisotopic (exact) mass is 671 g/mol. The highest BCUT2D eigenvalue weighted by Crippen LogP contribution is 2.37. The molecule has 2 fully saturated rings. The molecule has 0 aliphatic carbocycles. The van der Waals surface area contributed by atoms with Crippen LogP contribution in [0.1, 0.15) is 90.5 Å². The summed E-state index contributed by atoms with van der Waals surface area (Å²) in [6, 6.07) is 13.6. The summed E-state index contributed by atoms with van der Waals surface area (Å²) in [5.41, 5.74) is 2.42. The van der Waals surface area contributed by atoms with Crippen LogP contribution in [0.15, 0.2) is 42.6 Å². The molecule has 4 aromatic rings. The van der Waals surface area contributed by atoms with Crippen LogP contribution in [0.2, 0.25) is 25.7 Å². The number of H-pyrrole nitrogens is 1. The van der Waals surface area contributed by atoms with Crippen molar-refractivity contribution in [3.05, 3.63) is 59.7 Å². The first-order valence-electron chi connectivity index (χ1n) is 17.1. The third kappa shape index (κ3) is 7.32. The molecule has 0 radical (unpaired) electrons. The third-order valence-electron chi connectivity index (χ3n) is 9.56. The summed E-state index contributed by atoms with van der Waals surface area (Å²) in [5.74, 6) is 0.671. The molecule has 2 aliphatic heterocycles. The number of benzene rings is 2. The predicted octanol–water partition coefficient (Wildman–Crippen LogP) is 7.32. The van der Waals surface area contributed by atoms with Crippen molar-refractivity contribution in [2.24, 2.45) is 0 Å². The van der Waals surface area contributed by atoms with Crippen LogP contribution in [-0.4, -0.2) is 76.1 Å². The summed E-state index contributed by atoms with van der Waals surface area (Å²) < 4.78 is 24.9. The van der Waals surface area contributed by atoms with Crippen molar-refractivity contribution in [2.45, 2.75) is 116 Å². The van der Waals surface area contributed by atoms with Crippen molar-refractivity contribution >= 4 is 48.8 Å². The minimum Gasteiger partial charge on any atom is -0.444 e. The van der Waals surface area contributed by atoms with E-state index in [1.165, 1.54) is 0 Å². The molecule has 10 nitrogen and oxygen atoms in total. The van der Waals surface area contributed by atoms with E-state index < -0.39 is 38.1 Å². The molecule has 4 heterocycles. The molecule has 2 saturated heterocycles. The fourth-order valence-electron chi connectivity index (χ4n) is 6.11. The van der Waals surface area contributed by atoms with Crippen LogP contribution in [0.3, 0.4) is 0 Å². The molecule has 48 heavy (non-hydrogen) atoms. The maximum atomic E-state index is 13.0. The highest BCUT2D eigenvalue weighted by molar-refractivity contribution is 6.76. The van der Waals surface area contributed by atoms with Gasteiger partial charge in [-0.05, 0) is 95.2 Å². The van der Waals surface area contributed by atoms with Crippen LogP contribution in [0.5, 0.6) is 0 Å². The molecule has 0 spiro atoms. The maximum Gasteiger partial charge on any atom is 0.494 e. The van der Waals surface area contributed by atoms with Crippen LogP contribution in [0, 0.1) is 0 Å². The van der Waals surface area contributed by atoms with Crippen molar-refractivity contribution in [1.82, 2.24) is 24.8 Å². The second-order valence-corrected chi connectivity index (χ2v) is 22.1. The van der Waals surface area contributed by atoms with Gasteiger partial charge in [0.1, 0.15) is 17.5 Å². The van der Waals surface area contributed by atoms with E-state index in [2.05, 4.69) is 88.7 Å². The van der Waals surface area contributed by atoms with E-state index in [1.807, 2.05) is 20.8 Å². The Balaban J connectivity index is 1.29. The number of hydrogen-bond acceptors (Lipinski definition) is 8. The largest absolute Gasteiger partial charge is 0.494 e. The number of likely N-dealkylation sites (tertiary alicyclic amines) is 1. The van der Waals surface area contributed by atoms with Gasteiger partial charge in [-0.3, -0.25) is 4.90 Å². The molecule has 2 unspecified atom stereocenters. The number of rotatable bonds is 8. The molecule has 2 aromatic carbocycles. The number of aromatic amines is 1. The average molecular weight is 672 g/mol. The molecule has 6 rings (SSSR count). The van der Waals surface area contributed by atoms with Crippen LogP contribution >= 0.6 is 0 Å². The van der Waals surface area contributed by atoms with Gasteiger partial charge >= 0.3 is 13.2 Å². The normalized spacial score (nSPS) is 20.2. The van der Waals surface area contributed by atoms with Crippen LogP contribution in [0.25, 0.3) is 22.1 Å². The number of hydrogen-bond donors (Lipinski definition) is 1. The van der Waals surface area contributed by atoms with Crippen molar-refractivity contribution in [1.29, 1.82) is 0 Å². The first-order chi connectivity index (χ1) is 22.4. The zero-order valence-electron chi connectivity index (χ0n) is 30.1. The Morgan fingerprint density at radius 3 is 2.44 bits per heavy atom. The van der Waals surface area contributed by atoms with E-state index in [4.69, 9.17) is 33.7 Å². The first-order valence-corrected chi connectivity index (χ1v) is 20.8. The molecular formula is C36H50BN5O5Si. The minimum absolute atomic E-state index is 0.217. The van der Waals surface area contributed by atoms with Crippen molar-refractivity contribution in [3.63, 3.8) is 0 Å². The van der Waals surface area contributed by atoms with Gasteiger partial charge in [-0.2, -0.15) is 0 Å². The summed E-state index contributed by atoms with van der Waals surface area (Å²) in [6.07, 6.45) is 2.68. The quantitative estimate of drug-likeness (QED) is 0.194. The molecule has 12 heteroatoms. The standard InChI is InChI=1S/C36H50BN5O5Si/c1-34(2,3)45-33(43)42-17-11-12-28(42)30-40-31-32(41-30)39-27(22-38-31)29(44-18-19-48(8,9)10)25-14-13-24-21-26(16-15-23(24)20-25)37-46-35(4,5)36(6,7)47-37/h13-16,20-22,28-29H,11-12,17-19H2,1-10H3,(H,38,39,40,41). The topological polar surface area (TPSA) is 112 Å². The van der Waals surface area contributed by atoms with E-state index in [1.54, 1.807) is 11.1 Å². The number of nitrogens with zero attached hydrogens (tertiary/aromatic N) is 4. The Hall–Kier alpha value is -3.32. The summed E-state index contributed by atoms with van der Waals surface area (Å²) in [7, 11) is -1.76. The van der Waals surface area contributed by atoms with Crippen LogP contribution < -0.4 is 5.46 Å². The summed E-state index contributed by atoms with van der Waals surface area (Å²) >= 11 is 0. The Kier molecular flexibility index (Phi) is 9.02. The van der Waals surface area contributed by atoms with Gasteiger partial charge in [-0.1, -0.05) is 50.0 Å². The molecule has 0 saturated carbocycles. The number of imidazole rings is 1. The SMILES string of the molecule is CC(C)(C)OC(=O)N1CCCC1c1nc2ncc(C(OCC[Si](C)(C)C)c3ccc4cc(B5OC(C)(C)C(C)(C)O5)ccc4c3)nc2[nH]1.